The summed E-state index contributed by atoms with van der Waals surface area (Å²) in [6.07, 6.45) is 0. The maximum Gasteiger partial charge on any atom is 0.123 e. The Morgan fingerprint density at radius 2 is 1.94 bits per heavy atom. The highest BCUT2D eigenvalue weighted by molar-refractivity contribution is 9.10. The molecule has 0 spiro atoms. The molecule has 2 rings (SSSR count). The van der Waals surface area contributed by atoms with Crippen molar-refractivity contribution in [1.29, 1.82) is 0 Å². The number of hydrogen-bond donors (Lipinski definition) is 1. The van der Waals surface area contributed by atoms with Crippen molar-refractivity contribution < 1.29 is 4.39 Å². The zero-order valence-electron chi connectivity index (χ0n) is 8.83. The molecule has 17 heavy (non-hydrogen) atoms. The first-order valence-corrected chi connectivity index (χ1v) is 6.21. The zero-order valence-corrected chi connectivity index (χ0v) is 11.2. The van der Waals surface area contributed by atoms with Gasteiger partial charge in [-0.3, -0.25) is 0 Å². The second kappa shape index (κ2) is 5.17. The van der Waals surface area contributed by atoms with Crippen LogP contribution in [0.4, 0.5) is 4.39 Å². The minimum Gasteiger partial charge on any atom is -0.320 e. The largest absolute Gasteiger partial charge is 0.320 e. The van der Waals surface area contributed by atoms with E-state index in [-0.39, 0.29) is 5.82 Å². The fraction of sp³-hybridized carbons (Fsp3) is 0.0769. The van der Waals surface area contributed by atoms with E-state index in [0.29, 0.717) is 10.6 Å². The quantitative estimate of drug-likeness (QED) is 0.879. The van der Waals surface area contributed by atoms with Gasteiger partial charge in [0.25, 0.3) is 0 Å². The molecule has 0 saturated heterocycles. The Labute approximate surface area is 113 Å². The van der Waals surface area contributed by atoms with Crippen molar-refractivity contribution in [2.24, 2.45) is 5.73 Å². The molecule has 0 heterocycles. The van der Waals surface area contributed by atoms with E-state index in [1.165, 1.54) is 18.2 Å². The standard InChI is InChI=1S/C13H10BrClFN/c14-9-3-1-2-8(6-9)13(17)11-7-10(16)4-5-12(11)15/h1-7,13H,17H2. The van der Waals surface area contributed by atoms with Gasteiger partial charge in [0.1, 0.15) is 5.82 Å². The Bertz CT molecular complexity index is 545. The molecule has 2 N–H and O–H groups in total. The molecule has 0 aliphatic rings. The average molecular weight is 315 g/mol. The van der Waals surface area contributed by atoms with E-state index in [1.54, 1.807) is 0 Å². The third kappa shape index (κ3) is 2.86. The highest BCUT2D eigenvalue weighted by atomic mass is 79.9. The summed E-state index contributed by atoms with van der Waals surface area (Å²) in [5, 5.41) is 0.471. The summed E-state index contributed by atoms with van der Waals surface area (Å²) in [6.45, 7) is 0. The normalized spacial score (nSPS) is 12.5. The highest BCUT2D eigenvalue weighted by Gasteiger charge is 2.13. The number of nitrogens with two attached hydrogens (primary N) is 1. The van der Waals surface area contributed by atoms with Crippen LogP contribution < -0.4 is 5.73 Å². The van der Waals surface area contributed by atoms with Crippen molar-refractivity contribution in [2.75, 3.05) is 0 Å². The van der Waals surface area contributed by atoms with Crippen LogP contribution in [0.25, 0.3) is 0 Å². The first kappa shape index (κ1) is 12.6. The highest BCUT2D eigenvalue weighted by Crippen LogP contribution is 2.28. The second-order valence-electron chi connectivity index (χ2n) is 3.70. The zero-order chi connectivity index (χ0) is 12.4. The van der Waals surface area contributed by atoms with E-state index in [2.05, 4.69) is 15.9 Å². The van der Waals surface area contributed by atoms with Crippen molar-refractivity contribution in [3.05, 3.63) is 68.9 Å². The minimum atomic E-state index is -0.435. The third-order valence-corrected chi connectivity index (χ3v) is 3.34. The van der Waals surface area contributed by atoms with Gasteiger partial charge in [-0.15, -0.1) is 0 Å². The summed E-state index contributed by atoms with van der Waals surface area (Å²) >= 11 is 9.40. The van der Waals surface area contributed by atoms with E-state index in [0.717, 1.165) is 10.0 Å². The topological polar surface area (TPSA) is 26.0 Å². The van der Waals surface area contributed by atoms with Crippen LogP contribution >= 0.6 is 27.5 Å². The molecular formula is C13H10BrClFN. The predicted molar refractivity (Wildman–Crippen MR) is 71.6 cm³/mol. The van der Waals surface area contributed by atoms with Gasteiger partial charge in [0.05, 0.1) is 6.04 Å². The lowest BCUT2D eigenvalue weighted by atomic mass is 9.99. The molecule has 1 atom stereocenters. The Morgan fingerprint density at radius 1 is 1.18 bits per heavy atom. The summed E-state index contributed by atoms with van der Waals surface area (Å²) in [6, 6.07) is 11.3. The lowest BCUT2D eigenvalue weighted by Gasteiger charge is -2.14. The lowest BCUT2D eigenvalue weighted by molar-refractivity contribution is 0.623. The Kier molecular flexibility index (Phi) is 3.82. The summed E-state index contributed by atoms with van der Waals surface area (Å²) in [7, 11) is 0. The van der Waals surface area contributed by atoms with Gasteiger partial charge in [-0.05, 0) is 41.5 Å². The molecule has 0 bridgehead atoms. The molecule has 0 aromatic heterocycles. The van der Waals surface area contributed by atoms with Crippen LogP contribution in [0.15, 0.2) is 46.9 Å². The van der Waals surface area contributed by atoms with Gasteiger partial charge in [0.15, 0.2) is 0 Å². The smallest absolute Gasteiger partial charge is 0.123 e. The van der Waals surface area contributed by atoms with E-state index in [9.17, 15) is 4.39 Å². The van der Waals surface area contributed by atoms with Crippen LogP contribution in [-0.2, 0) is 0 Å². The fourth-order valence-electron chi connectivity index (χ4n) is 1.63. The molecule has 1 nitrogen and oxygen atoms in total. The molecule has 0 amide bonds. The van der Waals surface area contributed by atoms with Crippen molar-refractivity contribution in [2.45, 2.75) is 6.04 Å². The molecule has 0 saturated carbocycles. The van der Waals surface area contributed by atoms with Crippen LogP contribution in [0, 0.1) is 5.82 Å². The number of halogens is 3. The van der Waals surface area contributed by atoms with Crippen molar-refractivity contribution in [1.82, 2.24) is 0 Å². The molecule has 2 aromatic carbocycles. The maximum absolute atomic E-state index is 13.2. The van der Waals surface area contributed by atoms with Gasteiger partial charge < -0.3 is 5.73 Å². The molecule has 1 unspecified atom stereocenters. The summed E-state index contributed by atoms with van der Waals surface area (Å²) in [5.74, 6) is -0.338. The molecule has 4 heteroatoms. The van der Waals surface area contributed by atoms with Crippen LogP contribution in [0.3, 0.4) is 0 Å². The molecular weight excluding hydrogens is 305 g/mol. The molecule has 0 aliphatic carbocycles. The molecule has 0 aliphatic heterocycles. The molecule has 0 fully saturated rings. The number of benzene rings is 2. The predicted octanol–water partition coefficient (Wildman–Crippen LogP) is 4.29. The summed E-state index contributed by atoms with van der Waals surface area (Å²) in [5.41, 5.74) is 7.55. The van der Waals surface area contributed by atoms with Gasteiger partial charge in [-0.2, -0.15) is 0 Å². The molecule has 2 aromatic rings. The van der Waals surface area contributed by atoms with Crippen molar-refractivity contribution in [3.8, 4) is 0 Å². The Hall–Kier alpha value is -0.900. The Morgan fingerprint density at radius 3 is 2.65 bits per heavy atom. The maximum atomic E-state index is 13.2. The first-order chi connectivity index (χ1) is 8.08. The van der Waals surface area contributed by atoms with Gasteiger partial charge in [-0.1, -0.05) is 39.7 Å². The monoisotopic (exact) mass is 313 g/mol. The molecule has 88 valence electrons. The Balaban J connectivity index is 2.43. The lowest BCUT2D eigenvalue weighted by Crippen LogP contribution is -2.12. The summed E-state index contributed by atoms with van der Waals surface area (Å²) < 4.78 is 14.1. The van der Waals surface area contributed by atoms with Gasteiger partial charge >= 0.3 is 0 Å². The van der Waals surface area contributed by atoms with Gasteiger partial charge in [0.2, 0.25) is 0 Å². The SMILES string of the molecule is NC(c1cccc(Br)c1)c1cc(F)ccc1Cl. The van der Waals surface area contributed by atoms with Crippen LogP contribution in [0.5, 0.6) is 0 Å². The second-order valence-corrected chi connectivity index (χ2v) is 5.02. The van der Waals surface area contributed by atoms with E-state index in [4.69, 9.17) is 17.3 Å². The van der Waals surface area contributed by atoms with Crippen LogP contribution in [0.1, 0.15) is 17.2 Å². The van der Waals surface area contributed by atoms with Crippen molar-refractivity contribution >= 4 is 27.5 Å². The van der Waals surface area contributed by atoms with E-state index in [1.807, 2.05) is 24.3 Å². The van der Waals surface area contributed by atoms with Crippen molar-refractivity contribution in [3.63, 3.8) is 0 Å². The fourth-order valence-corrected chi connectivity index (χ4v) is 2.28. The average Bonchev–Trinajstić information content (AvgIpc) is 2.31. The first-order valence-electron chi connectivity index (χ1n) is 5.04. The number of hydrogen-bond acceptors (Lipinski definition) is 1. The van der Waals surface area contributed by atoms with Gasteiger partial charge in [0, 0.05) is 9.50 Å². The minimum absolute atomic E-state index is 0.338. The molecule has 0 radical (unpaired) electrons. The van der Waals surface area contributed by atoms with E-state index >= 15 is 0 Å². The number of rotatable bonds is 2. The third-order valence-electron chi connectivity index (χ3n) is 2.50. The van der Waals surface area contributed by atoms with E-state index < -0.39 is 6.04 Å². The van der Waals surface area contributed by atoms with Crippen LogP contribution in [-0.4, -0.2) is 0 Å². The van der Waals surface area contributed by atoms with Crippen LogP contribution in [0.2, 0.25) is 5.02 Å². The van der Waals surface area contributed by atoms with Gasteiger partial charge in [-0.25, -0.2) is 4.39 Å². The summed E-state index contributed by atoms with van der Waals surface area (Å²) in [4.78, 5) is 0.